The fourth-order valence-electron chi connectivity index (χ4n) is 1.15. The van der Waals surface area contributed by atoms with Crippen molar-refractivity contribution in [1.82, 2.24) is 0 Å². The van der Waals surface area contributed by atoms with E-state index in [9.17, 15) is 4.79 Å². The molecule has 0 aliphatic rings. The number of ether oxygens (including phenoxy) is 1. The van der Waals surface area contributed by atoms with E-state index in [1.165, 1.54) is 0 Å². The highest BCUT2D eigenvalue weighted by atomic mass is 16.5. The highest BCUT2D eigenvalue weighted by molar-refractivity contribution is 5.75. The van der Waals surface area contributed by atoms with Crippen molar-refractivity contribution in [3.05, 3.63) is 12.3 Å². The maximum absolute atomic E-state index is 10.6. The maximum atomic E-state index is 10.6. The summed E-state index contributed by atoms with van der Waals surface area (Å²) >= 11 is 0. The zero-order valence-corrected chi connectivity index (χ0v) is 8.77. The summed E-state index contributed by atoms with van der Waals surface area (Å²) in [5.74, 6) is 1.15. The topological polar surface area (TPSA) is 26.3 Å². The molecule has 0 unspecified atom stereocenters. The van der Waals surface area contributed by atoms with Gasteiger partial charge in [-0.15, -0.1) is 0 Å². The van der Waals surface area contributed by atoms with Gasteiger partial charge in [0.1, 0.15) is 5.78 Å². The van der Waals surface area contributed by atoms with Gasteiger partial charge in [-0.1, -0.05) is 19.4 Å². The molecule has 0 aliphatic heterocycles. The molecule has 0 saturated carbocycles. The van der Waals surface area contributed by atoms with E-state index < -0.39 is 0 Å². The van der Waals surface area contributed by atoms with Crippen LogP contribution in [0.25, 0.3) is 0 Å². The Hall–Kier alpha value is -0.790. The van der Waals surface area contributed by atoms with Gasteiger partial charge in [-0.2, -0.15) is 0 Å². The Kier molecular flexibility index (Phi) is 7.36. The summed E-state index contributed by atoms with van der Waals surface area (Å²) in [6.07, 6.45) is 6.10. The quantitative estimate of drug-likeness (QED) is 0.428. The van der Waals surface area contributed by atoms with Gasteiger partial charge in [0.05, 0.1) is 12.9 Å². The van der Waals surface area contributed by atoms with E-state index in [1.807, 2.05) is 0 Å². The third-order valence-corrected chi connectivity index (χ3v) is 2.02. The van der Waals surface area contributed by atoms with Crippen LogP contribution in [0, 0.1) is 0 Å². The van der Waals surface area contributed by atoms with E-state index in [0.29, 0.717) is 5.78 Å². The third-order valence-electron chi connectivity index (χ3n) is 2.02. The van der Waals surface area contributed by atoms with E-state index in [4.69, 9.17) is 4.74 Å². The lowest BCUT2D eigenvalue weighted by molar-refractivity contribution is -0.117. The van der Waals surface area contributed by atoms with Gasteiger partial charge < -0.3 is 9.53 Å². The third kappa shape index (κ3) is 9.12. The van der Waals surface area contributed by atoms with Crippen molar-refractivity contribution in [2.45, 2.75) is 45.4 Å². The van der Waals surface area contributed by atoms with Crippen LogP contribution in [-0.4, -0.2) is 12.9 Å². The molecule has 0 bridgehead atoms. The predicted molar refractivity (Wildman–Crippen MR) is 54.5 cm³/mol. The number of ketones is 1. The van der Waals surface area contributed by atoms with Gasteiger partial charge >= 0.3 is 0 Å². The van der Waals surface area contributed by atoms with Crippen LogP contribution in [0.5, 0.6) is 0 Å². The van der Waals surface area contributed by atoms with Gasteiger partial charge in [0.2, 0.25) is 0 Å². The van der Waals surface area contributed by atoms with Crippen LogP contribution in [0.2, 0.25) is 0 Å². The normalized spacial score (nSPS) is 9.69. The number of allylic oxidation sites excluding steroid dienone is 1. The summed E-state index contributed by atoms with van der Waals surface area (Å²) in [4.78, 5) is 10.6. The molecule has 0 spiro atoms. The molecule has 0 rings (SSSR count). The molecule has 0 aromatic rings. The molecule has 0 aromatic carbocycles. The zero-order valence-electron chi connectivity index (χ0n) is 8.77. The van der Waals surface area contributed by atoms with Crippen LogP contribution in [0.1, 0.15) is 45.4 Å². The molecule has 2 heteroatoms. The molecule has 0 aromatic heterocycles. The second kappa shape index (κ2) is 7.84. The molecular formula is C11H20O2. The van der Waals surface area contributed by atoms with Crippen LogP contribution in [0.4, 0.5) is 0 Å². The van der Waals surface area contributed by atoms with Crippen molar-refractivity contribution >= 4 is 5.78 Å². The average Bonchev–Trinajstić information content (AvgIpc) is 2.10. The van der Waals surface area contributed by atoms with Crippen molar-refractivity contribution < 1.29 is 9.53 Å². The average molecular weight is 184 g/mol. The first-order chi connectivity index (χ1) is 6.16. The van der Waals surface area contributed by atoms with Crippen LogP contribution in [0.15, 0.2) is 12.3 Å². The first kappa shape index (κ1) is 12.2. The minimum absolute atomic E-state index is 0.293. The summed E-state index contributed by atoms with van der Waals surface area (Å²) in [7, 11) is 1.65. The summed E-state index contributed by atoms with van der Waals surface area (Å²) in [5, 5.41) is 0. The monoisotopic (exact) mass is 184 g/mol. The minimum Gasteiger partial charge on any atom is -0.502 e. The van der Waals surface area contributed by atoms with Gasteiger partial charge in [0.15, 0.2) is 0 Å². The molecule has 0 fully saturated rings. The second-order valence-corrected chi connectivity index (χ2v) is 3.36. The van der Waals surface area contributed by atoms with Gasteiger partial charge in [0.25, 0.3) is 0 Å². The zero-order chi connectivity index (χ0) is 10.1. The largest absolute Gasteiger partial charge is 0.502 e. The van der Waals surface area contributed by atoms with E-state index in [2.05, 4.69) is 6.58 Å². The van der Waals surface area contributed by atoms with E-state index >= 15 is 0 Å². The number of carbonyl (C=O) groups excluding carboxylic acids is 1. The van der Waals surface area contributed by atoms with Crippen molar-refractivity contribution in [2.24, 2.45) is 0 Å². The summed E-state index contributed by atoms with van der Waals surface area (Å²) < 4.78 is 4.95. The number of unbranched alkanes of at least 4 members (excludes halogenated alkanes) is 3. The molecule has 0 amide bonds. The minimum atomic E-state index is 0.293. The highest BCUT2D eigenvalue weighted by Gasteiger charge is 1.95. The Labute approximate surface area is 81.0 Å². The van der Waals surface area contributed by atoms with E-state index in [-0.39, 0.29) is 0 Å². The molecule has 0 N–H and O–H groups in total. The molecule has 0 radical (unpaired) electrons. The molecule has 0 atom stereocenters. The molecule has 0 heterocycles. The predicted octanol–water partition coefficient (Wildman–Crippen LogP) is 3.08. The van der Waals surface area contributed by atoms with Crippen LogP contribution >= 0.6 is 0 Å². The lowest BCUT2D eigenvalue weighted by Gasteiger charge is -2.03. The summed E-state index contributed by atoms with van der Waals surface area (Å²) in [6, 6.07) is 0. The van der Waals surface area contributed by atoms with Crippen LogP contribution < -0.4 is 0 Å². The molecule has 0 aliphatic carbocycles. The number of rotatable bonds is 8. The molecule has 2 nitrogen and oxygen atoms in total. The molecular weight excluding hydrogens is 164 g/mol. The van der Waals surface area contributed by atoms with Crippen LogP contribution in [0.3, 0.4) is 0 Å². The fraction of sp³-hybridized carbons (Fsp3) is 0.727. The summed E-state index contributed by atoms with van der Waals surface area (Å²) in [5.41, 5.74) is 0. The number of Topliss-reactive ketones (excluding diaryl/α,β-unsaturated/α-hetero) is 1. The fourth-order valence-corrected chi connectivity index (χ4v) is 1.15. The van der Waals surface area contributed by atoms with Crippen LogP contribution in [-0.2, 0) is 9.53 Å². The van der Waals surface area contributed by atoms with Crippen molar-refractivity contribution in [2.75, 3.05) is 7.11 Å². The van der Waals surface area contributed by atoms with Crippen molar-refractivity contribution in [1.29, 1.82) is 0 Å². The number of methoxy groups -OCH3 is 1. The molecule has 0 saturated heterocycles. The molecule has 76 valence electrons. The number of hydrogen-bond donors (Lipinski definition) is 0. The smallest absolute Gasteiger partial charge is 0.129 e. The maximum Gasteiger partial charge on any atom is 0.129 e. The Morgan fingerprint density at radius 2 is 1.69 bits per heavy atom. The number of hydrogen-bond acceptors (Lipinski definition) is 2. The van der Waals surface area contributed by atoms with Gasteiger partial charge in [-0.05, 0) is 19.8 Å². The lowest BCUT2D eigenvalue weighted by atomic mass is 10.1. The number of carbonyl (C=O) groups is 1. The van der Waals surface area contributed by atoms with Crippen molar-refractivity contribution in [3.63, 3.8) is 0 Å². The highest BCUT2D eigenvalue weighted by Crippen LogP contribution is 2.09. The van der Waals surface area contributed by atoms with E-state index in [0.717, 1.165) is 44.3 Å². The standard InChI is InChI=1S/C11H20O2/c1-10(12)8-6-4-5-7-9-11(2)13-3/h2,4-9H2,1,3H3. The summed E-state index contributed by atoms with van der Waals surface area (Å²) in [6.45, 7) is 5.39. The SMILES string of the molecule is C=C(CCCCCCC(C)=O)OC. The lowest BCUT2D eigenvalue weighted by Crippen LogP contribution is -1.90. The Morgan fingerprint density at radius 3 is 2.15 bits per heavy atom. The Balaban J connectivity index is 3.08. The second-order valence-electron chi connectivity index (χ2n) is 3.36. The van der Waals surface area contributed by atoms with E-state index in [1.54, 1.807) is 14.0 Å². The van der Waals surface area contributed by atoms with Gasteiger partial charge in [0, 0.05) is 12.8 Å². The first-order valence-corrected chi connectivity index (χ1v) is 4.88. The van der Waals surface area contributed by atoms with Gasteiger partial charge in [-0.25, -0.2) is 0 Å². The van der Waals surface area contributed by atoms with Gasteiger partial charge in [-0.3, -0.25) is 0 Å². The Bertz CT molecular complexity index is 161. The Morgan fingerprint density at radius 1 is 1.15 bits per heavy atom. The first-order valence-electron chi connectivity index (χ1n) is 4.88. The molecule has 13 heavy (non-hydrogen) atoms. The van der Waals surface area contributed by atoms with Crippen molar-refractivity contribution in [3.8, 4) is 0 Å².